The number of carbonyl (C=O) groups excluding carboxylic acids is 4. The number of ether oxygens (including phenoxy) is 1. The highest BCUT2D eigenvalue weighted by Crippen LogP contribution is 2.34. The van der Waals surface area contributed by atoms with Crippen LogP contribution in [0.15, 0.2) is 0 Å². The van der Waals surface area contributed by atoms with Gasteiger partial charge in [-0.05, 0) is 30.1 Å². The number of β-amino-alcohol motifs (C(OH)–C–C–N with tert-alkyl or cyclic N) is 1. The number of likely N-dealkylation sites (tertiary alicyclic amines) is 1. The van der Waals surface area contributed by atoms with Crippen LogP contribution in [0.1, 0.15) is 101 Å². The second-order valence-corrected chi connectivity index (χ2v) is 15.5. The van der Waals surface area contributed by atoms with E-state index >= 15 is 0 Å². The molecule has 1 rings (SSSR count). The maximum absolute atomic E-state index is 13.1. The van der Waals surface area contributed by atoms with Crippen molar-refractivity contribution in [3.63, 3.8) is 0 Å². The minimum atomic E-state index is -0.615. The highest BCUT2D eigenvalue weighted by atomic mass is 16.5. The van der Waals surface area contributed by atoms with Crippen LogP contribution in [-0.4, -0.2) is 85.2 Å². The predicted molar refractivity (Wildman–Crippen MR) is 161 cm³/mol. The Balaban J connectivity index is 2.87. The zero-order valence-corrected chi connectivity index (χ0v) is 27.5. The summed E-state index contributed by atoms with van der Waals surface area (Å²) in [6.45, 7) is 20.9. The number of hydrogen-bond donors (Lipinski definition) is 4. The van der Waals surface area contributed by atoms with Gasteiger partial charge in [0.15, 0.2) is 0 Å². The Labute approximate surface area is 248 Å². The summed E-state index contributed by atoms with van der Waals surface area (Å²) in [4.78, 5) is 53.4. The molecule has 238 valence electrons. The first-order valence-electron chi connectivity index (χ1n) is 14.9. The fourth-order valence-electron chi connectivity index (χ4n) is 6.11. The van der Waals surface area contributed by atoms with Gasteiger partial charge in [-0.3, -0.25) is 19.2 Å². The van der Waals surface area contributed by atoms with Crippen LogP contribution in [0.3, 0.4) is 0 Å². The number of methoxy groups -OCH3 is 1. The lowest BCUT2D eigenvalue weighted by atomic mass is 9.75. The van der Waals surface area contributed by atoms with Crippen molar-refractivity contribution in [2.45, 2.75) is 120 Å². The molecule has 2 atom stereocenters. The van der Waals surface area contributed by atoms with Gasteiger partial charge in [-0.15, -0.1) is 0 Å². The average molecular weight is 583 g/mol. The number of nitrogens with one attached hydrogen (secondary N) is 3. The Kier molecular flexibility index (Phi) is 13.3. The molecule has 10 heteroatoms. The van der Waals surface area contributed by atoms with E-state index in [1.807, 2.05) is 27.7 Å². The molecule has 0 unspecified atom stereocenters. The molecule has 0 aliphatic carbocycles. The first kappa shape index (κ1) is 36.8. The summed E-state index contributed by atoms with van der Waals surface area (Å²) in [7, 11) is 1.55. The first-order chi connectivity index (χ1) is 18.6. The molecule has 4 N–H and O–H groups in total. The molecule has 0 spiro atoms. The summed E-state index contributed by atoms with van der Waals surface area (Å²) in [5, 5.41) is 18.8. The van der Waals surface area contributed by atoms with Crippen molar-refractivity contribution >= 4 is 23.6 Å². The van der Waals surface area contributed by atoms with E-state index in [2.05, 4.69) is 57.5 Å². The van der Waals surface area contributed by atoms with Gasteiger partial charge in [0.1, 0.15) is 0 Å². The van der Waals surface area contributed by atoms with Gasteiger partial charge in [0.05, 0.1) is 24.8 Å². The highest BCUT2D eigenvalue weighted by Gasteiger charge is 2.36. The van der Waals surface area contributed by atoms with Gasteiger partial charge in [-0.25, -0.2) is 0 Å². The van der Waals surface area contributed by atoms with E-state index in [0.717, 1.165) is 0 Å². The Hall–Kier alpha value is -2.20. The van der Waals surface area contributed by atoms with Crippen LogP contribution in [-0.2, 0) is 23.9 Å². The molecule has 1 aliphatic heterocycles. The molecule has 4 amide bonds. The second-order valence-electron chi connectivity index (χ2n) is 15.5. The molecule has 0 aromatic heterocycles. The van der Waals surface area contributed by atoms with E-state index in [4.69, 9.17) is 4.74 Å². The van der Waals surface area contributed by atoms with Crippen LogP contribution in [0.25, 0.3) is 0 Å². The summed E-state index contributed by atoms with van der Waals surface area (Å²) in [5.41, 5.74) is -1.31. The number of aliphatic hydroxyl groups excluding tert-OH is 1. The molecule has 1 heterocycles. The van der Waals surface area contributed by atoms with Gasteiger partial charge >= 0.3 is 0 Å². The van der Waals surface area contributed by atoms with Crippen molar-refractivity contribution in [3.05, 3.63) is 0 Å². The highest BCUT2D eigenvalue weighted by molar-refractivity contribution is 5.85. The Morgan fingerprint density at radius 1 is 0.829 bits per heavy atom. The number of carbonyl (C=O) groups is 4. The summed E-state index contributed by atoms with van der Waals surface area (Å²) in [6, 6.07) is -0.770. The zero-order chi connectivity index (χ0) is 31.8. The lowest BCUT2D eigenvalue weighted by Crippen LogP contribution is -2.53. The number of rotatable bonds is 14. The molecule has 1 aliphatic rings. The Morgan fingerprint density at radius 2 is 1.29 bits per heavy atom. The molecule has 0 radical (unpaired) electrons. The summed E-state index contributed by atoms with van der Waals surface area (Å²) >= 11 is 0. The predicted octanol–water partition coefficient (Wildman–Crippen LogP) is 3.02. The number of nitrogens with zero attached hydrogens (tertiary/aromatic N) is 1. The average Bonchev–Trinajstić information content (AvgIpc) is 3.15. The lowest BCUT2D eigenvalue weighted by molar-refractivity contribution is -0.135. The Bertz CT molecular complexity index is 859. The van der Waals surface area contributed by atoms with Crippen LogP contribution < -0.4 is 16.0 Å². The summed E-state index contributed by atoms with van der Waals surface area (Å²) in [6.07, 6.45) is 1.14. The molecule has 0 bridgehead atoms. The molecule has 0 saturated carbocycles. The third-order valence-electron chi connectivity index (χ3n) is 7.19. The molecule has 10 nitrogen and oxygen atoms in total. The normalized spacial score (nSPS) is 18.4. The fourth-order valence-corrected chi connectivity index (χ4v) is 6.11. The monoisotopic (exact) mass is 582 g/mol. The zero-order valence-electron chi connectivity index (χ0n) is 27.5. The molecule has 41 heavy (non-hydrogen) atoms. The van der Waals surface area contributed by atoms with Crippen LogP contribution in [0.5, 0.6) is 0 Å². The maximum Gasteiger partial charge on any atom is 0.225 e. The van der Waals surface area contributed by atoms with E-state index in [0.29, 0.717) is 25.9 Å². The summed E-state index contributed by atoms with van der Waals surface area (Å²) in [5.74, 6) is -0.821. The van der Waals surface area contributed by atoms with Gasteiger partial charge in [-0.1, -0.05) is 69.2 Å². The number of amides is 4. The molecule has 1 fully saturated rings. The standard InChI is InChI=1S/C31H58N4O6/c1-28(2,3)19-30(7,8)26(39)32-15-21(16-33-27(40)31(9,10)20-29(4,5)6)34-24(37)12-13-25(38)35-17-23(36)14-22(35)18-41-11/h21-23,36H,12-20H2,1-11H3,(H,32,39)(H,33,40)(H,34,37)/t22-,23+/m0/s1. The minimum absolute atomic E-state index is 0.0125. The Morgan fingerprint density at radius 3 is 1.71 bits per heavy atom. The van der Waals surface area contributed by atoms with E-state index in [1.54, 1.807) is 12.0 Å². The smallest absolute Gasteiger partial charge is 0.225 e. The minimum Gasteiger partial charge on any atom is -0.391 e. The lowest BCUT2D eigenvalue weighted by Gasteiger charge is -2.33. The number of hydrogen-bond acceptors (Lipinski definition) is 6. The van der Waals surface area contributed by atoms with Crippen LogP contribution in [0.4, 0.5) is 0 Å². The van der Waals surface area contributed by atoms with E-state index in [1.165, 1.54) is 0 Å². The van der Waals surface area contributed by atoms with Crippen molar-refractivity contribution in [1.29, 1.82) is 0 Å². The third kappa shape index (κ3) is 13.5. The molecule has 0 aromatic carbocycles. The van der Waals surface area contributed by atoms with Crippen molar-refractivity contribution < 1.29 is 29.0 Å². The topological polar surface area (TPSA) is 137 Å². The van der Waals surface area contributed by atoms with Crippen molar-refractivity contribution in [1.82, 2.24) is 20.9 Å². The largest absolute Gasteiger partial charge is 0.391 e. The maximum atomic E-state index is 13.1. The van der Waals surface area contributed by atoms with E-state index < -0.39 is 23.0 Å². The van der Waals surface area contributed by atoms with Crippen LogP contribution >= 0.6 is 0 Å². The van der Waals surface area contributed by atoms with Crippen molar-refractivity contribution in [2.75, 3.05) is 33.4 Å². The van der Waals surface area contributed by atoms with E-state index in [9.17, 15) is 24.3 Å². The molecule has 1 saturated heterocycles. The van der Waals surface area contributed by atoms with Gasteiger partial charge in [-0.2, -0.15) is 0 Å². The molecular weight excluding hydrogens is 524 g/mol. The molecular formula is C31H58N4O6. The summed E-state index contributed by atoms with van der Waals surface area (Å²) < 4.78 is 5.17. The quantitative estimate of drug-likeness (QED) is 0.249. The van der Waals surface area contributed by atoms with Gasteiger partial charge < -0.3 is 30.7 Å². The van der Waals surface area contributed by atoms with Crippen LogP contribution in [0.2, 0.25) is 0 Å². The van der Waals surface area contributed by atoms with Gasteiger partial charge in [0.25, 0.3) is 0 Å². The van der Waals surface area contributed by atoms with Crippen molar-refractivity contribution in [2.24, 2.45) is 21.7 Å². The second kappa shape index (κ2) is 14.8. The first-order valence-corrected chi connectivity index (χ1v) is 14.9. The third-order valence-corrected chi connectivity index (χ3v) is 7.19. The SMILES string of the molecule is COC[C@@H]1C[C@@H](O)CN1C(=O)CCC(=O)NC(CNC(=O)C(C)(C)CC(C)(C)C)CNC(=O)C(C)(C)CC(C)(C)C. The van der Waals surface area contributed by atoms with Crippen LogP contribution in [0, 0.1) is 21.7 Å². The molecule has 0 aromatic rings. The number of aliphatic hydroxyl groups is 1. The van der Waals surface area contributed by atoms with Gasteiger partial charge in [0, 0.05) is 50.4 Å². The fraction of sp³-hybridized carbons (Fsp3) is 0.871. The van der Waals surface area contributed by atoms with E-state index in [-0.39, 0.29) is 73.0 Å². The van der Waals surface area contributed by atoms with Gasteiger partial charge in [0.2, 0.25) is 23.6 Å². The van der Waals surface area contributed by atoms with Crippen molar-refractivity contribution in [3.8, 4) is 0 Å².